The van der Waals surface area contributed by atoms with Crippen molar-refractivity contribution in [1.82, 2.24) is 4.72 Å². The van der Waals surface area contributed by atoms with E-state index in [1.165, 1.54) is 25.3 Å². The van der Waals surface area contributed by atoms with Gasteiger partial charge in [-0.05, 0) is 49.9 Å². The highest BCUT2D eigenvalue weighted by Crippen LogP contribution is 2.46. The number of hydrogen-bond donors (Lipinski definition) is 1. The van der Waals surface area contributed by atoms with Crippen LogP contribution in [0.4, 0.5) is 5.69 Å². The lowest BCUT2D eigenvalue weighted by Gasteiger charge is -2.44. The number of amides is 2. The first-order chi connectivity index (χ1) is 16.3. The second-order valence-corrected chi connectivity index (χ2v) is 10.9. The SMILES string of the molecule is COc1ccc(S(=O)(=O)N[C@@H]2CC3(CCCCC3)Oc3ccccc32)cc1N1C(=O)CCC1=O. The van der Waals surface area contributed by atoms with Crippen molar-refractivity contribution in [3.05, 3.63) is 48.0 Å². The van der Waals surface area contributed by atoms with Gasteiger partial charge in [-0.2, -0.15) is 0 Å². The topological polar surface area (TPSA) is 102 Å². The third-order valence-corrected chi connectivity index (χ3v) is 8.48. The Kier molecular flexibility index (Phi) is 5.85. The van der Waals surface area contributed by atoms with Gasteiger partial charge < -0.3 is 9.47 Å². The maximum atomic E-state index is 13.5. The van der Waals surface area contributed by atoms with Crippen LogP contribution in [-0.2, 0) is 19.6 Å². The number of methoxy groups -OCH3 is 1. The molecule has 2 heterocycles. The molecule has 34 heavy (non-hydrogen) atoms. The zero-order valence-corrected chi connectivity index (χ0v) is 19.9. The quantitative estimate of drug-likeness (QED) is 0.647. The molecule has 2 aromatic rings. The van der Waals surface area contributed by atoms with Crippen molar-refractivity contribution in [2.24, 2.45) is 0 Å². The molecule has 1 aliphatic carbocycles. The van der Waals surface area contributed by atoms with Gasteiger partial charge in [-0.3, -0.25) is 9.59 Å². The Balaban J connectivity index is 1.49. The summed E-state index contributed by atoms with van der Waals surface area (Å²) in [6, 6.07) is 11.3. The van der Waals surface area contributed by atoms with Crippen LogP contribution in [0.3, 0.4) is 0 Å². The van der Waals surface area contributed by atoms with E-state index in [9.17, 15) is 18.0 Å². The molecule has 9 heteroatoms. The van der Waals surface area contributed by atoms with Crippen LogP contribution in [0.1, 0.15) is 63.0 Å². The summed E-state index contributed by atoms with van der Waals surface area (Å²) in [7, 11) is -2.56. The van der Waals surface area contributed by atoms with Crippen molar-refractivity contribution in [3.63, 3.8) is 0 Å². The van der Waals surface area contributed by atoms with Gasteiger partial charge in [0, 0.05) is 24.8 Å². The fourth-order valence-electron chi connectivity index (χ4n) is 5.34. The third kappa shape index (κ3) is 4.07. The number of ether oxygens (including phenoxy) is 2. The van der Waals surface area contributed by atoms with E-state index in [0.29, 0.717) is 12.2 Å². The van der Waals surface area contributed by atoms with E-state index in [0.717, 1.165) is 42.6 Å². The van der Waals surface area contributed by atoms with Gasteiger partial charge >= 0.3 is 0 Å². The minimum atomic E-state index is -3.98. The first kappa shape index (κ1) is 22.9. The maximum absolute atomic E-state index is 13.5. The number of hydrogen-bond acceptors (Lipinski definition) is 6. The average molecular weight is 485 g/mol. The van der Waals surface area contributed by atoms with E-state index >= 15 is 0 Å². The van der Waals surface area contributed by atoms with E-state index in [-0.39, 0.29) is 46.6 Å². The molecule has 1 N–H and O–H groups in total. The molecular weight excluding hydrogens is 456 g/mol. The average Bonchev–Trinajstić information content (AvgIpc) is 3.16. The van der Waals surface area contributed by atoms with Gasteiger partial charge in [0.25, 0.3) is 0 Å². The highest BCUT2D eigenvalue weighted by atomic mass is 32.2. The molecule has 1 atom stereocenters. The molecule has 5 rings (SSSR count). The van der Waals surface area contributed by atoms with Gasteiger partial charge in [-0.25, -0.2) is 18.0 Å². The van der Waals surface area contributed by atoms with Crippen molar-refractivity contribution < 1.29 is 27.5 Å². The summed E-state index contributed by atoms with van der Waals surface area (Å²) in [5.41, 5.74) is 0.578. The molecule has 0 bridgehead atoms. The fourth-order valence-corrected chi connectivity index (χ4v) is 6.57. The number of imide groups is 1. The minimum absolute atomic E-state index is 0.0301. The van der Waals surface area contributed by atoms with Crippen LogP contribution in [0.5, 0.6) is 11.5 Å². The summed E-state index contributed by atoms with van der Waals surface area (Å²) in [5, 5.41) is 0. The number of fused-ring (bicyclic) bond motifs is 1. The van der Waals surface area contributed by atoms with E-state index in [2.05, 4.69) is 4.72 Å². The number of benzene rings is 2. The van der Waals surface area contributed by atoms with Crippen molar-refractivity contribution >= 4 is 27.5 Å². The highest BCUT2D eigenvalue weighted by molar-refractivity contribution is 7.89. The molecule has 0 aromatic heterocycles. The summed E-state index contributed by atoms with van der Waals surface area (Å²) in [4.78, 5) is 25.6. The van der Waals surface area contributed by atoms with Crippen molar-refractivity contribution in [1.29, 1.82) is 0 Å². The van der Waals surface area contributed by atoms with E-state index < -0.39 is 16.1 Å². The van der Waals surface area contributed by atoms with Crippen molar-refractivity contribution in [3.8, 4) is 11.5 Å². The highest BCUT2D eigenvalue weighted by Gasteiger charge is 2.43. The standard InChI is InChI=1S/C25H28N2O6S/c1-32-22-10-9-17(15-20(22)27-23(28)11-12-24(27)29)34(30,31)26-19-16-25(13-5-2-6-14-25)33-21-8-4-3-7-18(19)21/h3-4,7-10,15,19,26H,2,5-6,11-14,16H2,1H3/t19-/m1/s1. The second-order valence-electron chi connectivity index (χ2n) is 9.22. The molecule has 0 radical (unpaired) electrons. The van der Waals surface area contributed by atoms with Gasteiger partial charge in [0.05, 0.1) is 23.7 Å². The van der Waals surface area contributed by atoms with E-state index in [1.54, 1.807) is 0 Å². The van der Waals surface area contributed by atoms with Crippen LogP contribution < -0.4 is 19.1 Å². The normalized spacial score (nSPS) is 21.9. The number of carbonyl (C=O) groups is 2. The first-order valence-electron chi connectivity index (χ1n) is 11.7. The van der Waals surface area contributed by atoms with Crippen molar-refractivity contribution in [2.75, 3.05) is 12.0 Å². The smallest absolute Gasteiger partial charge is 0.241 e. The molecule has 180 valence electrons. The van der Waals surface area contributed by atoms with Crippen LogP contribution in [0.2, 0.25) is 0 Å². The molecule has 2 aromatic carbocycles. The summed E-state index contributed by atoms with van der Waals surface area (Å²) in [6.07, 6.45) is 5.80. The number of carbonyl (C=O) groups excluding carboxylic acids is 2. The Morgan fingerprint density at radius 3 is 2.44 bits per heavy atom. The van der Waals surface area contributed by atoms with Gasteiger partial charge in [0.15, 0.2) is 0 Å². The Morgan fingerprint density at radius 1 is 1.03 bits per heavy atom. The van der Waals surface area contributed by atoms with Crippen molar-refractivity contribution in [2.45, 2.75) is 67.9 Å². The van der Waals surface area contributed by atoms with Crippen LogP contribution in [0.25, 0.3) is 0 Å². The molecule has 1 saturated heterocycles. The zero-order chi connectivity index (χ0) is 23.9. The minimum Gasteiger partial charge on any atom is -0.495 e. The molecule has 1 saturated carbocycles. The number of nitrogens with zero attached hydrogens (tertiary/aromatic N) is 1. The largest absolute Gasteiger partial charge is 0.495 e. The van der Waals surface area contributed by atoms with Crippen LogP contribution in [0.15, 0.2) is 47.4 Å². The number of nitrogens with one attached hydrogen (secondary N) is 1. The number of para-hydroxylation sites is 1. The lowest BCUT2D eigenvalue weighted by molar-refractivity contribution is -0.121. The van der Waals surface area contributed by atoms with Crippen LogP contribution in [-0.4, -0.2) is 32.9 Å². The monoisotopic (exact) mass is 484 g/mol. The van der Waals surface area contributed by atoms with Gasteiger partial charge in [-0.15, -0.1) is 0 Å². The molecular formula is C25H28N2O6S. The van der Waals surface area contributed by atoms with Crippen LogP contribution in [0, 0.1) is 0 Å². The predicted molar refractivity (Wildman–Crippen MR) is 125 cm³/mol. The second kappa shape index (κ2) is 8.70. The number of rotatable bonds is 5. The molecule has 2 fully saturated rings. The molecule has 1 spiro atoms. The Labute approximate surface area is 199 Å². The lowest BCUT2D eigenvalue weighted by Crippen LogP contribution is -2.46. The number of anilines is 1. The van der Waals surface area contributed by atoms with Gasteiger partial charge in [0.1, 0.15) is 17.1 Å². The molecule has 2 aliphatic heterocycles. The number of sulfonamides is 1. The lowest BCUT2D eigenvalue weighted by atomic mass is 9.77. The molecule has 2 amide bonds. The van der Waals surface area contributed by atoms with E-state index in [4.69, 9.17) is 9.47 Å². The summed E-state index contributed by atoms with van der Waals surface area (Å²) in [6.45, 7) is 0. The van der Waals surface area contributed by atoms with Gasteiger partial charge in [0.2, 0.25) is 21.8 Å². The molecule has 0 unspecified atom stereocenters. The molecule has 8 nitrogen and oxygen atoms in total. The summed E-state index contributed by atoms with van der Waals surface area (Å²) in [5.74, 6) is 0.235. The Bertz CT molecular complexity index is 1220. The predicted octanol–water partition coefficient (Wildman–Crippen LogP) is 3.85. The maximum Gasteiger partial charge on any atom is 0.241 e. The zero-order valence-electron chi connectivity index (χ0n) is 19.1. The first-order valence-corrected chi connectivity index (χ1v) is 13.1. The van der Waals surface area contributed by atoms with Gasteiger partial charge in [-0.1, -0.05) is 24.6 Å². The van der Waals surface area contributed by atoms with Crippen LogP contribution >= 0.6 is 0 Å². The molecule has 3 aliphatic rings. The Morgan fingerprint density at radius 2 is 1.74 bits per heavy atom. The van der Waals surface area contributed by atoms with E-state index in [1.807, 2.05) is 24.3 Å². The third-order valence-electron chi connectivity index (χ3n) is 7.01. The summed E-state index contributed by atoms with van der Waals surface area (Å²) < 4.78 is 41.7. The fraction of sp³-hybridized carbons (Fsp3) is 0.440. The summed E-state index contributed by atoms with van der Waals surface area (Å²) >= 11 is 0. The Hall–Kier alpha value is -2.91.